The maximum Gasteiger partial charge on any atom is 0 e. The molecule has 0 aromatic heterocycles. The minimum atomic E-state index is 0. The van der Waals surface area contributed by atoms with Crippen molar-refractivity contribution >= 4 is 8.41 Å². The van der Waals surface area contributed by atoms with Crippen LogP contribution in [0.2, 0.25) is 0 Å². The van der Waals surface area contributed by atoms with Crippen LogP contribution in [0.15, 0.2) is 23.3 Å². The van der Waals surface area contributed by atoms with Gasteiger partial charge in [0.25, 0.3) is 0 Å². The van der Waals surface area contributed by atoms with E-state index in [9.17, 15) is 0 Å². The van der Waals surface area contributed by atoms with Crippen molar-refractivity contribution in [3.05, 3.63) is 38.2 Å². The topological polar surface area (TPSA) is 0 Å². The maximum absolute atomic E-state index is 2.33. The summed E-state index contributed by atoms with van der Waals surface area (Å²) < 4.78 is 0. The summed E-state index contributed by atoms with van der Waals surface area (Å²) in [5.74, 6) is 0. The molecule has 0 unspecified atom stereocenters. The molecule has 0 nitrogen and oxygen atoms in total. The van der Waals surface area contributed by atoms with E-state index < -0.39 is 0 Å². The molecule has 2 aliphatic rings. The summed E-state index contributed by atoms with van der Waals surface area (Å²) in [6.45, 7) is 4.00. The molecule has 114 valence electrons. The molecule has 0 aliphatic heterocycles. The molecule has 0 amide bonds. The molecule has 0 atom stereocenters. The molecule has 12 heteroatoms. The Hall–Kier alpha value is 11.7. The van der Waals surface area contributed by atoms with Crippen molar-refractivity contribution in [3.63, 3.8) is 0 Å². The first-order valence-electron chi connectivity index (χ1n) is 4.84. The zero-order chi connectivity index (χ0) is 8.10. The van der Waals surface area contributed by atoms with Crippen LogP contribution >= 0.6 is 0 Å². The average Bonchev–Trinajstić information content (AvgIpc) is 2.55. The van der Waals surface area contributed by atoms with Gasteiger partial charge in [-0.1, -0.05) is 31.6 Å². The molecule has 0 spiro atoms. The molecule has 0 bridgehead atoms. The van der Waals surface area contributed by atoms with Crippen molar-refractivity contribution in [3.8, 4) is 0 Å². The minimum absolute atomic E-state index is 0. The van der Waals surface area contributed by atoms with E-state index in [0.717, 1.165) is 0 Å². The second-order valence-corrected chi connectivity index (χ2v) is 2.92. The van der Waals surface area contributed by atoms with E-state index in [1.165, 1.54) is 32.1 Å². The molecule has 0 saturated heterocycles. The molecular weight excluding hydrogens is 1140 g/mol. The van der Waals surface area contributed by atoms with Gasteiger partial charge in [0.2, 0.25) is 0 Å². The Bertz CT molecular complexity index is 202. The van der Waals surface area contributed by atoms with Crippen LogP contribution < -0.4 is 0 Å². The Morgan fingerprint density at radius 1 is 0.600 bits per heavy atom. The third-order valence-corrected chi connectivity index (χ3v) is 2.31. The van der Waals surface area contributed by atoms with Gasteiger partial charge in [-0.25, -0.2) is 0 Å². The number of hydrogen-bond acceptors (Lipinski definition) is 0. The monoisotopic (exact) mass is 1170 g/mol. The second kappa shape index (κ2) is 70.5. The summed E-state index contributed by atoms with van der Waals surface area (Å²) in [5.41, 5.74) is 3.40. The van der Waals surface area contributed by atoms with Gasteiger partial charge in [0.15, 0.2) is 0 Å². The summed E-state index contributed by atoms with van der Waals surface area (Å²) in [6, 6.07) is 0. The van der Waals surface area contributed by atoms with Crippen LogP contribution in [0.4, 0.5) is 0 Å². The van der Waals surface area contributed by atoms with E-state index in [2.05, 4.69) is 12.2 Å². The molecule has 0 N–H and O–H groups in total. The minimum Gasteiger partial charge on any atom is -0.358 e. The molecule has 0 aromatic carbocycles. The standard InChI is InChI=1S/C9H12.C2H6.2CH3.B.11Y/c1-2-5-9-7-3-6-8(9)4-1;1-2;;;;;;;;;;;;;;/h1,4H,2-3,5-7H2;1-2H3;2*1H3;;;;;;;;;;;;/q;;2*-1;;;;;;;;;;;;. The normalized spacial score (nSPS) is 9.20. The van der Waals surface area contributed by atoms with Crippen molar-refractivity contribution in [1.29, 1.82) is 0 Å². The van der Waals surface area contributed by atoms with Gasteiger partial charge in [0.05, 0.1) is 0 Å². The zero-order valence-electron chi connectivity index (χ0n) is 16.6. The van der Waals surface area contributed by atoms with E-state index in [1.54, 1.807) is 11.1 Å². The van der Waals surface area contributed by atoms with Crippen LogP contribution in [0.25, 0.3) is 0 Å². The summed E-state index contributed by atoms with van der Waals surface area (Å²) in [6.07, 6.45) is 11.4. The largest absolute Gasteiger partial charge is 0.358 e. The molecular formula is C13H24BY11-2. The van der Waals surface area contributed by atoms with Crippen LogP contribution in [-0.4, -0.2) is 8.41 Å². The first-order chi connectivity index (χ1) is 5.47. The Balaban J connectivity index is -0.00000000613. The molecule has 25 heavy (non-hydrogen) atoms. The van der Waals surface area contributed by atoms with E-state index in [-0.39, 0.29) is 383 Å². The number of allylic oxidation sites excluding steroid dienone is 4. The van der Waals surface area contributed by atoms with Crippen molar-refractivity contribution in [2.24, 2.45) is 0 Å². The van der Waals surface area contributed by atoms with Gasteiger partial charge in [0, 0.05) is 368 Å². The molecule has 14 radical (unpaired) electrons. The number of hydrogen-bond donors (Lipinski definition) is 0. The molecule has 0 aromatic rings. The van der Waals surface area contributed by atoms with Crippen LogP contribution in [0, 0.1) is 14.9 Å². The molecule has 2 rings (SSSR count). The molecule has 0 heterocycles. The summed E-state index contributed by atoms with van der Waals surface area (Å²) >= 11 is 0. The zero-order valence-corrected chi connectivity index (χ0v) is 47.8. The average molecular weight is 1170 g/mol. The van der Waals surface area contributed by atoms with E-state index in [4.69, 9.17) is 0 Å². The van der Waals surface area contributed by atoms with Crippen molar-refractivity contribution in [2.75, 3.05) is 0 Å². The Kier molecular flexibility index (Phi) is 256. The van der Waals surface area contributed by atoms with E-state index >= 15 is 0 Å². The van der Waals surface area contributed by atoms with E-state index in [0.29, 0.717) is 0 Å². The quantitative estimate of drug-likeness (QED) is 0.251. The number of rotatable bonds is 0. The Labute approximate surface area is 438 Å². The van der Waals surface area contributed by atoms with Gasteiger partial charge >= 0.3 is 0 Å². The van der Waals surface area contributed by atoms with Gasteiger partial charge in [-0.3, -0.25) is 0 Å². The fourth-order valence-electron chi connectivity index (χ4n) is 1.80. The Morgan fingerprint density at radius 3 is 1.28 bits per heavy atom. The third-order valence-electron chi connectivity index (χ3n) is 2.31. The molecule has 0 saturated carbocycles. The fourth-order valence-corrected chi connectivity index (χ4v) is 1.80. The van der Waals surface area contributed by atoms with Crippen LogP contribution in [0.1, 0.15) is 46.0 Å². The summed E-state index contributed by atoms with van der Waals surface area (Å²) in [5, 5.41) is 0. The smallest absolute Gasteiger partial charge is 0 e. The fraction of sp³-hybridized carbons (Fsp3) is 0.538. The van der Waals surface area contributed by atoms with Gasteiger partial charge < -0.3 is 14.9 Å². The first-order valence-corrected chi connectivity index (χ1v) is 4.84. The third kappa shape index (κ3) is 49.2. The van der Waals surface area contributed by atoms with Crippen molar-refractivity contribution < 1.29 is 360 Å². The Morgan fingerprint density at radius 2 is 0.960 bits per heavy atom. The van der Waals surface area contributed by atoms with Gasteiger partial charge in [-0.05, 0) is 37.7 Å². The summed E-state index contributed by atoms with van der Waals surface area (Å²) in [7, 11) is 0. The summed E-state index contributed by atoms with van der Waals surface area (Å²) in [4.78, 5) is 0. The SMILES string of the molecule is C1=CC2=C(CC1)CCC2.CC.[B].[CH3-].[CH3-].[Y].[Y].[Y].[Y].[Y].[Y].[Y].[Y].[Y].[Y].[Y]. The molecule has 0 fully saturated rings. The predicted octanol–water partition coefficient (Wildman–Crippen LogP) is 4.34. The van der Waals surface area contributed by atoms with E-state index in [1.807, 2.05) is 13.8 Å². The van der Waals surface area contributed by atoms with Gasteiger partial charge in [-0.2, -0.15) is 0 Å². The van der Waals surface area contributed by atoms with Crippen molar-refractivity contribution in [2.45, 2.75) is 46.0 Å². The van der Waals surface area contributed by atoms with Crippen LogP contribution in [-0.2, 0) is 360 Å². The van der Waals surface area contributed by atoms with Crippen LogP contribution in [0.3, 0.4) is 0 Å². The van der Waals surface area contributed by atoms with Gasteiger partial charge in [0.1, 0.15) is 0 Å². The molecule has 2 aliphatic carbocycles. The predicted molar refractivity (Wildman–Crippen MR) is 69.2 cm³/mol. The maximum atomic E-state index is 2.33. The van der Waals surface area contributed by atoms with Gasteiger partial charge in [-0.15, -0.1) is 0 Å². The second-order valence-electron chi connectivity index (χ2n) is 2.92. The first kappa shape index (κ1) is 90.8. The van der Waals surface area contributed by atoms with Crippen LogP contribution in [0.5, 0.6) is 0 Å². The van der Waals surface area contributed by atoms with Crippen molar-refractivity contribution in [1.82, 2.24) is 0 Å².